The minimum atomic E-state index is -0.670. The zero-order valence-electron chi connectivity index (χ0n) is 19.6. The van der Waals surface area contributed by atoms with Crippen LogP contribution in [0.3, 0.4) is 0 Å². The van der Waals surface area contributed by atoms with Crippen LogP contribution in [-0.2, 0) is 6.54 Å². The van der Waals surface area contributed by atoms with Gasteiger partial charge in [-0.2, -0.15) is 0 Å². The normalized spacial score (nSPS) is 17.8. The van der Waals surface area contributed by atoms with Gasteiger partial charge in [0.2, 0.25) is 17.3 Å². The van der Waals surface area contributed by atoms with Gasteiger partial charge in [-0.1, -0.05) is 18.2 Å². The van der Waals surface area contributed by atoms with Crippen molar-refractivity contribution in [2.24, 2.45) is 0 Å². The van der Waals surface area contributed by atoms with E-state index in [2.05, 4.69) is 21.8 Å². The molecule has 0 unspecified atom stereocenters. The van der Waals surface area contributed by atoms with Crippen LogP contribution in [0.15, 0.2) is 66.2 Å². The molecule has 0 radical (unpaired) electrons. The smallest absolute Gasteiger partial charge is 0.235 e. The number of phenols is 2. The Kier molecular flexibility index (Phi) is 5.15. The fourth-order valence-electron chi connectivity index (χ4n) is 4.90. The predicted octanol–water partition coefficient (Wildman–Crippen LogP) is 2.93. The lowest BCUT2D eigenvalue weighted by Gasteiger charge is -2.33. The third-order valence-electron chi connectivity index (χ3n) is 6.91. The van der Waals surface area contributed by atoms with E-state index in [-0.39, 0.29) is 34.9 Å². The number of para-hydroxylation sites is 1. The van der Waals surface area contributed by atoms with E-state index in [1.807, 2.05) is 24.3 Å². The van der Waals surface area contributed by atoms with Gasteiger partial charge < -0.3 is 29.6 Å². The highest BCUT2D eigenvalue weighted by Gasteiger charge is 2.42. The van der Waals surface area contributed by atoms with Crippen LogP contribution in [-0.4, -0.2) is 64.9 Å². The van der Waals surface area contributed by atoms with Crippen LogP contribution in [0, 0.1) is 0 Å². The van der Waals surface area contributed by atoms with Gasteiger partial charge in [-0.3, -0.25) is 9.59 Å². The Balaban J connectivity index is 1.46. The minimum Gasteiger partial charge on any atom is -0.507 e. The first-order valence-corrected chi connectivity index (χ1v) is 11.7. The Bertz CT molecular complexity index is 1420. The summed E-state index contributed by atoms with van der Waals surface area (Å²) in [4.78, 5) is 38.1. The molecule has 0 spiro atoms. The number of benzene rings is 2. The van der Waals surface area contributed by atoms with Crippen molar-refractivity contribution in [3.8, 4) is 17.2 Å². The summed E-state index contributed by atoms with van der Waals surface area (Å²) in [5.41, 5.74) is 0.874. The molecule has 1 aliphatic carbocycles. The van der Waals surface area contributed by atoms with Gasteiger partial charge in [0, 0.05) is 31.7 Å². The third-order valence-corrected chi connectivity index (χ3v) is 6.91. The number of piperazine rings is 1. The second kappa shape index (κ2) is 8.39. The Hall–Kier alpha value is -4.37. The molecule has 3 aliphatic rings. The number of hydrogen-bond donors (Lipinski definition) is 2. The van der Waals surface area contributed by atoms with Gasteiger partial charge >= 0.3 is 0 Å². The topological polar surface area (TPSA) is 106 Å². The highest BCUT2D eigenvalue weighted by atomic mass is 16.5. The van der Waals surface area contributed by atoms with E-state index in [1.165, 1.54) is 12.1 Å². The summed E-state index contributed by atoms with van der Waals surface area (Å²) in [6.07, 6.45) is 1.68. The van der Waals surface area contributed by atoms with Crippen molar-refractivity contribution in [3.63, 3.8) is 0 Å². The first kappa shape index (κ1) is 22.1. The third kappa shape index (κ3) is 3.47. The van der Waals surface area contributed by atoms with Crippen LogP contribution in [0.25, 0.3) is 0 Å². The average molecular weight is 485 g/mol. The predicted molar refractivity (Wildman–Crippen MR) is 133 cm³/mol. The molecule has 2 N–H and O–H groups in total. The van der Waals surface area contributed by atoms with Gasteiger partial charge in [0.25, 0.3) is 0 Å². The Morgan fingerprint density at radius 2 is 1.56 bits per heavy atom. The Labute approximate surface area is 207 Å². The lowest BCUT2D eigenvalue weighted by atomic mass is 9.89. The number of likely N-dealkylation sites (N-methyl/N-ethyl adjacent to an activating group) is 1. The van der Waals surface area contributed by atoms with Crippen LogP contribution in [0.2, 0.25) is 0 Å². The van der Waals surface area contributed by atoms with E-state index in [1.54, 1.807) is 23.2 Å². The van der Waals surface area contributed by atoms with Crippen molar-refractivity contribution < 1.29 is 24.5 Å². The summed E-state index contributed by atoms with van der Waals surface area (Å²) >= 11 is 0. The molecule has 1 aromatic heterocycles. The molecule has 6 rings (SSSR count). The van der Waals surface area contributed by atoms with Gasteiger partial charge in [-0.05, 0) is 37.4 Å². The summed E-state index contributed by atoms with van der Waals surface area (Å²) in [7, 11) is 2.09. The Morgan fingerprint density at radius 1 is 0.861 bits per heavy atom. The summed E-state index contributed by atoms with van der Waals surface area (Å²) in [6.45, 7) is 3.89. The molecular formula is C27H24N4O5. The maximum Gasteiger partial charge on any atom is 0.235 e. The van der Waals surface area contributed by atoms with E-state index < -0.39 is 17.3 Å². The Morgan fingerprint density at radius 3 is 2.25 bits per heavy atom. The number of carbonyl (C=O) groups is 2. The van der Waals surface area contributed by atoms with E-state index in [0.29, 0.717) is 11.4 Å². The number of hydrogen-bond acceptors (Lipinski definition) is 9. The lowest BCUT2D eigenvalue weighted by Crippen LogP contribution is -2.44. The molecule has 0 bridgehead atoms. The van der Waals surface area contributed by atoms with Crippen LogP contribution < -0.4 is 14.5 Å². The van der Waals surface area contributed by atoms with E-state index in [9.17, 15) is 19.8 Å². The number of anilines is 2. The van der Waals surface area contributed by atoms with Crippen molar-refractivity contribution in [1.82, 2.24) is 9.88 Å². The standard InChI is InChI=1S/C27H24N4O5/c1-29-10-12-30(13-11-29)21-9-6-17(14-28-21)31-15-16-4-2-3-5-20(16)36-27-24(31)25(34)22-18(32)7-8-19(33)23(22)26(27)35/h2-9,14,32-33H,10-13,15H2,1H3. The van der Waals surface area contributed by atoms with E-state index >= 15 is 0 Å². The number of pyridine rings is 1. The summed E-state index contributed by atoms with van der Waals surface area (Å²) in [6, 6.07) is 13.4. The monoisotopic (exact) mass is 484 g/mol. The molecule has 182 valence electrons. The van der Waals surface area contributed by atoms with Gasteiger partial charge in [0.15, 0.2) is 0 Å². The molecule has 3 heterocycles. The molecule has 36 heavy (non-hydrogen) atoms. The van der Waals surface area contributed by atoms with Gasteiger partial charge in [0.05, 0.1) is 29.6 Å². The summed E-state index contributed by atoms with van der Waals surface area (Å²) in [5.74, 6) is -0.955. The molecule has 3 aromatic rings. The SMILES string of the molecule is CN1CCN(c2ccc(N3Cc4ccccc4OC4=C3C(=O)c3c(O)ccc(O)c3C4=O)cn2)CC1. The number of phenolic OH excluding ortho intramolecular Hbond substituents is 2. The summed E-state index contributed by atoms with van der Waals surface area (Å²) in [5, 5.41) is 20.9. The molecule has 9 nitrogen and oxygen atoms in total. The highest BCUT2D eigenvalue weighted by molar-refractivity contribution is 6.29. The number of Topliss-reactive ketones (excluding diaryl/α,β-unsaturated/α-hetero) is 2. The number of ether oxygens (including phenoxy) is 1. The van der Waals surface area contributed by atoms with Gasteiger partial charge in [-0.15, -0.1) is 0 Å². The van der Waals surface area contributed by atoms with Crippen molar-refractivity contribution in [2.45, 2.75) is 6.54 Å². The van der Waals surface area contributed by atoms with Crippen molar-refractivity contribution in [3.05, 3.63) is 82.9 Å². The van der Waals surface area contributed by atoms with E-state index in [4.69, 9.17) is 4.74 Å². The van der Waals surface area contributed by atoms with Crippen molar-refractivity contribution >= 4 is 23.1 Å². The van der Waals surface area contributed by atoms with Crippen LogP contribution in [0.5, 0.6) is 17.2 Å². The highest BCUT2D eigenvalue weighted by Crippen LogP contribution is 2.42. The van der Waals surface area contributed by atoms with Crippen molar-refractivity contribution in [2.75, 3.05) is 43.0 Å². The number of nitrogens with zero attached hydrogens (tertiary/aromatic N) is 4. The first-order valence-electron chi connectivity index (χ1n) is 11.7. The number of aromatic nitrogens is 1. The minimum absolute atomic E-state index is 0.00116. The second-order valence-corrected chi connectivity index (χ2v) is 9.15. The van der Waals surface area contributed by atoms with Crippen molar-refractivity contribution in [1.29, 1.82) is 0 Å². The maximum absolute atomic E-state index is 13.8. The molecule has 1 fully saturated rings. The number of ketones is 2. The lowest BCUT2D eigenvalue weighted by molar-refractivity contribution is 0.0931. The average Bonchev–Trinajstić information content (AvgIpc) is 3.07. The largest absolute Gasteiger partial charge is 0.507 e. The fraction of sp³-hybridized carbons (Fsp3) is 0.222. The van der Waals surface area contributed by atoms with Crippen LogP contribution in [0.4, 0.5) is 11.5 Å². The molecule has 2 aromatic carbocycles. The molecule has 0 saturated carbocycles. The van der Waals surface area contributed by atoms with Gasteiger partial charge in [-0.25, -0.2) is 4.98 Å². The molecule has 0 atom stereocenters. The number of allylic oxidation sites excluding steroid dienone is 2. The number of carbonyl (C=O) groups excluding carboxylic acids is 2. The zero-order valence-corrected chi connectivity index (χ0v) is 19.6. The first-order chi connectivity index (χ1) is 17.4. The van der Waals surface area contributed by atoms with Crippen LogP contribution in [0.1, 0.15) is 26.3 Å². The quantitative estimate of drug-likeness (QED) is 0.531. The fourth-order valence-corrected chi connectivity index (χ4v) is 4.90. The molecule has 1 saturated heterocycles. The molecule has 9 heteroatoms. The van der Waals surface area contributed by atoms with E-state index in [0.717, 1.165) is 37.6 Å². The maximum atomic E-state index is 13.8. The number of aromatic hydroxyl groups is 2. The molecule has 0 amide bonds. The molecular weight excluding hydrogens is 460 g/mol. The van der Waals surface area contributed by atoms with Gasteiger partial charge in [0.1, 0.15) is 28.8 Å². The van der Waals surface area contributed by atoms with Crippen LogP contribution >= 0.6 is 0 Å². The summed E-state index contributed by atoms with van der Waals surface area (Å²) < 4.78 is 6.02. The number of fused-ring (bicyclic) bond motifs is 2. The molecule has 2 aliphatic heterocycles. The zero-order chi connectivity index (χ0) is 25.0. The number of rotatable bonds is 2. The second-order valence-electron chi connectivity index (χ2n) is 9.15.